The van der Waals surface area contributed by atoms with Crippen LogP contribution in [0.3, 0.4) is 0 Å². The lowest BCUT2D eigenvalue weighted by molar-refractivity contribution is 0.0947. The predicted octanol–water partition coefficient (Wildman–Crippen LogP) is 2.75. The number of rotatable bonds is 3. The molecular formula is C17H15N3O. The Labute approximate surface area is 122 Å². The molecule has 0 bridgehead atoms. The number of carbonyl (C=O) groups is 1. The summed E-state index contributed by atoms with van der Waals surface area (Å²) in [6.07, 6.45) is 1.56. The number of anilines is 1. The lowest BCUT2D eigenvalue weighted by Gasteiger charge is -2.09. The third-order valence-corrected chi connectivity index (χ3v) is 3.37. The third kappa shape index (κ3) is 2.69. The standard InChI is InChI=1S/C17H15N3O/c18-15-9-4-10-19-16(15)17(21)20-11-13-7-3-6-12-5-1-2-8-14(12)13/h1-10H,11,18H2,(H,20,21). The summed E-state index contributed by atoms with van der Waals surface area (Å²) < 4.78 is 0. The monoisotopic (exact) mass is 277 g/mol. The van der Waals surface area contributed by atoms with Gasteiger partial charge in [0.2, 0.25) is 0 Å². The molecule has 0 aliphatic carbocycles. The van der Waals surface area contributed by atoms with Crippen molar-refractivity contribution in [3.8, 4) is 0 Å². The molecule has 0 aliphatic rings. The molecule has 0 saturated carbocycles. The van der Waals surface area contributed by atoms with Crippen molar-refractivity contribution in [2.75, 3.05) is 5.73 Å². The molecular weight excluding hydrogens is 262 g/mol. The van der Waals surface area contributed by atoms with Crippen LogP contribution in [-0.2, 0) is 6.54 Å². The molecule has 3 aromatic rings. The summed E-state index contributed by atoms with van der Waals surface area (Å²) in [6.45, 7) is 0.441. The molecule has 4 heteroatoms. The summed E-state index contributed by atoms with van der Waals surface area (Å²) in [5.74, 6) is -0.263. The number of nitrogens with zero attached hydrogens (tertiary/aromatic N) is 1. The van der Waals surface area contributed by atoms with Crippen LogP contribution in [0.1, 0.15) is 16.1 Å². The molecule has 1 aromatic heterocycles. The van der Waals surface area contributed by atoms with Crippen LogP contribution in [0.15, 0.2) is 60.8 Å². The number of hydrogen-bond donors (Lipinski definition) is 2. The lowest BCUT2D eigenvalue weighted by atomic mass is 10.0. The molecule has 21 heavy (non-hydrogen) atoms. The average Bonchev–Trinajstić information content (AvgIpc) is 2.53. The minimum Gasteiger partial charge on any atom is -0.397 e. The second-order valence-electron chi connectivity index (χ2n) is 4.76. The van der Waals surface area contributed by atoms with E-state index in [2.05, 4.69) is 22.4 Å². The summed E-state index contributed by atoms with van der Waals surface area (Å²) in [5, 5.41) is 5.15. The van der Waals surface area contributed by atoms with Gasteiger partial charge in [0, 0.05) is 12.7 Å². The smallest absolute Gasteiger partial charge is 0.272 e. The van der Waals surface area contributed by atoms with Gasteiger partial charge in [0.05, 0.1) is 5.69 Å². The van der Waals surface area contributed by atoms with Gasteiger partial charge in [-0.25, -0.2) is 4.98 Å². The van der Waals surface area contributed by atoms with Crippen molar-refractivity contribution in [1.82, 2.24) is 10.3 Å². The molecule has 0 radical (unpaired) electrons. The first-order chi connectivity index (χ1) is 10.3. The normalized spacial score (nSPS) is 10.5. The number of carbonyl (C=O) groups excluding carboxylic acids is 1. The van der Waals surface area contributed by atoms with Gasteiger partial charge >= 0.3 is 0 Å². The fourth-order valence-electron chi connectivity index (χ4n) is 2.31. The van der Waals surface area contributed by atoms with Gasteiger partial charge in [-0.3, -0.25) is 4.79 Å². The minimum atomic E-state index is -0.263. The van der Waals surface area contributed by atoms with Gasteiger partial charge in [0.25, 0.3) is 5.91 Å². The molecule has 3 N–H and O–H groups in total. The van der Waals surface area contributed by atoms with Crippen molar-refractivity contribution < 1.29 is 4.79 Å². The van der Waals surface area contributed by atoms with E-state index >= 15 is 0 Å². The molecule has 3 rings (SSSR count). The number of amides is 1. The highest BCUT2D eigenvalue weighted by molar-refractivity contribution is 5.97. The van der Waals surface area contributed by atoms with Gasteiger partial charge in [0.15, 0.2) is 5.69 Å². The van der Waals surface area contributed by atoms with E-state index in [1.165, 1.54) is 0 Å². The molecule has 0 saturated heterocycles. The van der Waals surface area contributed by atoms with E-state index < -0.39 is 0 Å². The van der Waals surface area contributed by atoms with Crippen LogP contribution in [0.2, 0.25) is 0 Å². The summed E-state index contributed by atoms with van der Waals surface area (Å²) in [5.41, 5.74) is 7.47. The van der Waals surface area contributed by atoms with Crippen LogP contribution in [0.4, 0.5) is 5.69 Å². The second-order valence-corrected chi connectivity index (χ2v) is 4.76. The fourth-order valence-corrected chi connectivity index (χ4v) is 2.31. The maximum Gasteiger partial charge on any atom is 0.272 e. The molecule has 0 unspecified atom stereocenters. The number of hydrogen-bond acceptors (Lipinski definition) is 3. The Morgan fingerprint density at radius 3 is 2.71 bits per heavy atom. The van der Waals surface area contributed by atoms with Crippen molar-refractivity contribution in [3.05, 3.63) is 72.1 Å². The summed E-state index contributed by atoms with van der Waals surface area (Å²) in [4.78, 5) is 16.1. The number of pyridine rings is 1. The molecule has 0 fully saturated rings. The van der Waals surface area contributed by atoms with E-state index in [-0.39, 0.29) is 11.6 Å². The zero-order chi connectivity index (χ0) is 14.7. The molecule has 1 heterocycles. The molecule has 4 nitrogen and oxygen atoms in total. The Morgan fingerprint density at radius 1 is 1.05 bits per heavy atom. The van der Waals surface area contributed by atoms with E-state index in [0.29, 0.717) is 12.2 Å². The molecule has 104 valence electrons. The van der Waals surface area contributed by atoms with Crippen molar-refractivity contribution in [2.45, 2.75) is 6.54 Å². The first-order valence-corrected chi connectivity index (χ1v) is 6.71. The van der Waals surface area contributed by atoms with Crippen molar-refractivity contribution in [3.63, 3.8) is 0 Å². The van der Waals surface area contributed by atoms with Gasteiger partial charge in [-0.2, -0.15) is 0 Å². The number of aromatic nitrogens is 1. The maximum atomic E-state index is 12.1. The minimum absolute atomic E-state index is 0.262. The highest BCUT2D eigenvalue weighted by Gasteiger charge is 2.10. The molecule has 0 spiro atoms. The Kier molecular flexibility index (Phi) is 3.51. The van der Waals surface area contributed by atoms with Gasteiger partial charge in [-0.15, -0.1) is 0 Å². The Morgan fingerprint density at radius 2 is 1.86 bits per heavy atom. The molecule has 1 amide bonds. The summed E-state index contributed by atoms with van der Waals surface area (Å²) in [6, 6.07) is 17.5. The van der Waals surface area contributed by atoms with Crippen LogP contribution in [0.5, 0.6) is 0 Å². The number of nitrogen functional groups attached to an aromatic ring is 1. The average molecular weight is 277 g/mol. The Balaban J connectivity index is 1.81. The van der Waals surface area contributed by atoms with Crippen LogP contribution >= 0.6 is 0 Å². The SMILES string of the molecule is Nc1cccnc1C(=O)NCc1cccc2ccccc12. The third-order valence-electron chi connectivity index (χ3n) is 3.37. The van der Waals surface area contributed by atoms with Crippen molar-refractivity contribution in [1.29, 1.82) is 0 Å². The maximum absolute atomic E-state index is 12.1. The molecule has 0 aliphatic heterocycles. The quantitative estimate of drug-likeness (QED) is 0.773. The van der Waals surface area contributed by atoms with Gasteiger partial charge in [0.1, 0.15) is 0 Å². The van der Waals surface area contributed by atoms with E-state index in [9.17, 15) is 4.79 Å². The zero-order valence-electron chi connectivity index (χ0n) is 11.4. The van der Waals surface area contributed by atoms with E-state index in [0.717, 1.165) is 16.3 Å². The largest absolute Gasteiger partial charge is 0.397 e. The lowest BCUT2D eigenvalue weighted by Crippen LogP contribution is -2.24. The zero-order valence-corrected chi connectivity index (χ0v) is 11.4. The van der Waals surface area contributed by atoms with E-state index in [1.807, 2.05) is 30.3 Å². The molecule has 0 atom stereocenters. The summed E-state index contributed by atoms with van der Waals surface area (Å²) >= 11 is 0. The van der Waals surface area contributed by atoms with Crippen LogP contribution < -0.4 is 11.1 Å². The predicted molar refractivity (Wildman–Crippen MR) is 83.8 cm³/mol. The van der Waals surface area contributed by atoms with E-state index in [1.54, 1.807) is 18.3 Å². The first kappa shape index (κ1) is 13.1. The van der Waals surface area contributed by atoms with Crippen molar-refractivity contribution in [2.24, 2.45) is 0 Å². The van der Waals surface area contributed by atoms with Crippen LogP contribution in [0, 0.1) is 0 Å². The van der Waals surface area contributed by atoms with E-state index in [4.69, 9.17) is 5.73 Å². The number of nitrogens with one attached hydrogen (secondary N) is 1. The number of nitrogens with two attached hydrogens (primary N) is 1. The van der Waals surface area contributed by atoms with Gasteiger partial charge < -0.3 is 11.1 Å². The van der Waals surface area contributed by atoms with Crippen LogP contribution in [0.25, 0.3) is 10.8 Å². The van der Waals surface area contributed by atoms with Crippen LogP contribution in [-0.4, -0.2) is 10.9 Å². The van der Waals surface area contributed by atoms with Crippen molar-refractivity contribution >= 4 is 22.4 Å². The fraction of sp³-hybridized carbons (Fsp3) is 0.0588. The topological polar surface area (TPSA) is 68.0 Å². The highest BCUT2D eigenvalue weighted by atomic mass is 16.1. The highest BCUT2D eigenvalue weighted by Crippen LogP contribution is 2.18. The van der Waals surface area contributed by atoms with Gasteiger partial charge in [-0.05, 0) is 28.5 Å². The first-order valence-electron chi connectivity index (χ1n) is 6.71. The molecule has 2 aromatic carbocycles. The number of fused-ring (bicyclic) bond motifs is 1. The number of benzene rings is 2. The summed E-state index contributed by atoms with van der Waals surface area (Å²) in [7, 11) is 0. The Bertz CT molecular complexity index is 793. The second kappa shape index (κ2) is 5.63. The van der Waals surface area contributed by atoms with Gasteiger partial charge in [-0.1, -0.05) is 42.5 Å². The Hall–Kier alpha value is -2.88.